The Balaban J connectivity index is 2.50. The molecule has 111 valence electrons. The molecule has 0 unspecified atom stereocenters. The smallest absolute Gasteiger partial charge is 0.130 e. The van der Waals surface area contributed by atoms with Crippen LogP contribution in [0, 0.1) is 13.8 Å². The van der Waals surface area contributed by atoms with Gasteiger partial charge in [-0.25, -0.2) is 0 Å². The van der Waals surface area contributed by atoms with E-state index in [0.29, 0.717) is 0 Å². The Bertz CT molecular complexity index is 597. The van der Waals surface area contributed by atoms with E-state index in [1.165, 1.54) is 32.6 Å². The minimum Gasteiger partial charge on any atom is -0.130 e. The van der Waals surface area contributed by atoms with Crippen LogP contribution < -0.4 is 10.4 Å². The molecule has 2 aromatic carbocycles. The fraction of sp³-hybridized carbons (Fsp3) is 0.368. The number of hydrogen-bond acceptors (Lipinski definition) is 0. The minimum atomic E-state index is -0.884. The van der Waals surface area contributed by atoms with Crippen LogP contribution >= 0.6 is 11.6 Å². The van der Waals surface area contributed by atoms with Crippen molar-refractivity contribution in [1.82, 2.24) is 0 Å². The van der Waals surface area contributed by atoms with E-state index in [0.717, 1.165) is 18.3 Å². The molecule has 2 rings (SSSR count). The second kappa shape index (κ2) is 7.28. The lowest BCUT2D eigenvalue weighted by atomic mass is 10.1. The van der Waals surface area contributed by atoms with Crippen molar-refractivity contribution in [2.75, 3.05) is 5.50 Å². The predicted octanol–water partition coefficient (Wildman–Crippen LogP) is 3.82. The molecule has 0 nitrogen and oxygen atoms in total. The van der Waals surface area contributed by atoms with E-state index in [1.807, 2.05) is 0 Å². The van der Waals surface area contributed by atoms with Crippen LogP contribution in [-0.2, 0) is 12.8 Å². The largest absolute Gasteiger partial charge is 0.136 e. The van der Waals surface area contributed by atoms with E-state index in [9.17, 15) is 0 Å². The summed E-state index contributed by atoms with van der Waals surface area (Å²) in [6.45, 7) is 8.81. The summed E-state index contributed by atoms with van der Waals surface area (Å²) in [6, 6.07) is 13.8. The summed E-state index contributed by atoms with van der Waals surface area (Å²) >= 11 is 6.38. The molecular formula is C19H24ClSi. The minimum absolute atomic E-state index is 0.727. The number of rotatable bonds is 5. The molecule has 2 heteroatoms. The Hall–Kier alpha value is -1.05. The first-order chi connectivity index (χ1) is 10.1. The van der Waals surface area contributed by atoms with E-state index in [1.54, 1.807) is 0 Å². The molecule has 1 radical (unpaired) electrons. The molecule has 0 aromatic heterocycles. The normalized spacial score (nSPS) is 11.1. The van der Waals surface area contributed by atoms with Crippen molar-refractivity contribution in [2.45, 2.75) is 40.5 Å². The first kappa shape index (κ1) is 16.3. The molecule has 0 aliphatic heterocycles. The molecular weight excluding hydrogens is 292 g/mol. The standard InChI is InChI=1S/C19H24ClSi/c1-5-16-10-17(6-2)12-18(11-16)21(13-20)19-8-7-14(3)9-15(19)4/h7-12H,5-6,13H2,1-4H3. The zero-order valence-electron chi connectivity index (χ0n) is 13.5. The van der Waals surface area contributed by atoms with E-state index in [2.05, 4.69) is 64.1 Å². The molecule has 0 N–H and O–H groups in total. The topological polar surface area (TPSA) is 0 Å². The van der Waals surface area contributed by atoms with Gasteiger partial charge in [-0.3, -0.25) is 0 Å². The monoisotopic (exact) mass is 315 g/mol. The van der Waals surface area contributed by atoms with Crippen molar-refractivity contribution >= 4 is 30.8 Å². The summed E-state index contributed by atoms with van der Waals surface area (Å²) in [5.41, 5.74) is 6.29. The molecule has 0 bridgehead atoms. The lowest BCUT2D eigenvalue weighted by Crippen LogP contribution is -2.45. The quantitative estimate of drug-likeness (QED) is 0.581. The Labute approximate surface area is 135 Å². The summed E-state index contributed by atoms with van der Waals surface area (Å²) in [4.78, 5) is 0. The maximum atomic E-state index is 6.38. The van der Waals surface area contributed by atoms with Gasteiger partial charge in [0.2, 0.25) is 0 Å². The van der Waals surface area contributed by atoms with Gasteiger partial charge < -0.3 is 0 Å². The van der Waals surface area contributed by atoms with Crippen LogP contribution in [0.4, 0.5) is 0 Å². The van der Waals surface area contributed by atoms with Gasteiger partial charge in [-0.2, -0.15) is 0 Å². The van der Waals surface area contributed by atoms with Crippen molar-refractivity contribution in [3.63, 3.8) is 0 Å². The highest BCUT2D eigenvalue weighted by molar-refractivity contribution is 6.89. The molecule has 0 amide bonds. The molecule has 0 heterocycles. The van der Waals surface area contributed by atoms with Crippen molar-refractivity contribution in [2.24, 2.45) is 0 Å². The molecule has 21 heavy (non-hydrogen) atoms. The third-order valence-electron chi connectivity index (χ3n) is 4.06. The van der Waals surface area contributed by atoms with Gasteiger partial charge >= 0.3 is 0 Å². The molecule has 0 saturated heterocycles. The highest BCUT2D eigenvalue weighted by Gasteiger charge is 2.19. The van der Waals surface area contributed by atoms with Crippen LogP contribution in [0.1, 0.15) is 36.1 Å². The van der Waals surface area contributed by atoms with Crippen LogP contribution in [0.15, 0.2) is 36.4 Å². The van der Waals surface area contributed by atoms with Gasteiger partial charge in [0.25, 0.3) is 0 Å². The highest BCUT2D eigenvalue weighted by atomic mass is 35.5. The summed E-state index contributed by atoms with van der Waals surface area (Å²) in [5, 5.41) is 2.91. The van der Waals surface area contributed by atoms with Crippen molar-refractivity contribution in [3.05, 3.63) is 58.7 Å². The second-order valence-electron chi connectivity index (χ2n) is 5.68. The fourth-order valence-corrected chi connectivity index (χ4v) is 5.86. The summed E-state index contributed by atoms with van der Waals surface area (Å²) in [6.07, 6.45) is 2.18. The summed E-state index contributed by atoms with van der Waals surface area (Å²) in [5.74, 6) is 0. The molecule has 0 spiro atoms. The van der Waals surface area contributed by atoms with Gasteiger partial charge in [-0.05, 0) is 37.8 Å². The molecule has 2 aromatic rings. The Kier molecular flexibility index (Phi) is 5.66. The van der Waals surface area contributed by atoms with E-state index < -0.39 is 8.80 Å². The lowest BCUT2D eigenvalue weighted by Gasteiger charge is -2.18. The Morgan fingerprint density at radius 2 is 1.52 bits per heavy atom. The number of benzene rings is 2. The van der Waals surface area contributed by atoms with Gasteiger partial charge in [0.1, 0.15) is 8.80 Å². The molecule has 0 aliphatic carbocycles. The first-order valence-corrected chi connectivity index (χ1v) is 9.95. The summed E-state index contributed by atoms with van der Waals surface area (Å²) < 4.78 is 0. The van der Waals surface area contributed by atoms with Crippen LogP contribution in [0.2, 0.25) is 0 Å². The van der Waals surface area contributed by atoms with Crippen molar-refractivity contribution in [1.29, 1.82) is 0 Å². The maximum absolute atomic E-state index is 6.38. The zero-order valence-corrected chi connectivity index (χ0v) is 15.2. The van der Waals surface area contributed by atoms with Gasteiger partial charge in [-0.15, -0.1) is 11.6 Å². The third-order valence-corrected chi connectivity index (χ3v) is 7.32. The molecule has 0 saturated carbocycles. The number of aryl methyl sites for hydroxylation is 4. The summed E-state index contributed by atoms with van der Waals surface area (Å²) in [7, 11) is -0.884. The molecule has 0 aliphatic rings. The van der Waals surface area contributed by atoms with Gasteiger partial charge in [-0.1, -0.05) is 71.7 Å². The van der Waals surface area contributed by atoms with Crippen LogP contribution in [0.25, 0.3) is 0 Å². The van der Waals surface area contributed by atoms with E-state index in [-0.39, 0.29) is 0 Å². The third kappa shape index (κ3) is 3.78. The number of halogens is 1. The Morgan fingerprint density at radius 1 is 0.905 bits per heavy atom. The van der Waals surface area contributed by atoms with Gasteiger partial charge in [0.05, 0.1) is 0 Å². The molecule has 0 atom stereocenters. The van der Waals surface area contributed by atoms with Gasteiger partial charge in [0, 0.05) is 5.50 Å². The van der Waals surface area contributed by atoms with E-state index in [4.69, 9.17) is 11.6 Å². The average Bonchev–Trinajstić information content (AvgIpc) is 2.49. The highest BCUT2D eigenvalue weighted by Crippen LogP contribution is 2.09. The second-order valence-corrected chi connectivity index (χ2v) is 8.82. The molecule has 0 fully saturated rings. The van der Waals surface area contributed by atoms with E-state index >= 15 is 0 Å². The fourth-order valence-electron chi connectivity index (χ4n) is 2.80. The zero-order chi connectivity index (χ0) is 15.4. The maximum Gasteiger partial charge on any atom is 0.136 e. The van der Waals surface area contributed by atoms with Crippen LogP contribution in [0.3, 0.4) is 0 Å². The predicted molar refractivity (Wildman–Crippen MR) is 96.9 cm³/mol. The number of alkyl halides is 1. The van der Waals surface area contributed by atoms with Crippen LogP contribution in [-0.4, -0.2) is 14.3 Å². The number of hydrogen-bond donors (Lipinski definition) is 0. The lowest BCUT2D eigenvalue weighted by molar-refractivity contribution is 1.09. The SMILES string of the molecule is CCc1cc(CC)cc([Si](CCl)c2ccc(C)cc2C)c1. The van der Waals surface area contributed by atoms with Gasteiger partial charge in [0.15, 0.2) is 0 Å². The van der Waals surface area contributed by atoms with Crippen molar-refractivity contribution in [3.8, 4) is 0 Å². The average molecular weight is 316 g/mol. The first-order valence-electron chi connectivity index (χ1n) is 7.71. The van der Waals surface area contributed by atoms with Crippen molar-refractivity contribution < 1.29 is 0 Å². The Morgan fingerprint density at radius 3 is 2.00 bits per heavy atom. The van der Waals surface area contributed by atoms with Crippen LogP contribution in [0.5, 0.6) is 0 Å².